The van der Waals surface area contributed by atoms with Crippen LogP contribution in [0.25, 0.3) is 0 Å². The molecule has 2 saturated carbocycles. The molecule has 0 amide bonds. The van der Waals surface area contributed by atoms with E-state index in [4.69, 9.17) is 18.9 Å². The fourth-order valence-electron chi connectivity index (χ4n) is 7.93. The van der Waals surface area contributed by atoms with Gasteiger partial charge in [-0.25, -0.2) is 4.79 Å². The van der Waals surface area contributed by atoms with Gasteiger partial charge < -0.3 is 29.2 Å². The second-order valence-corrected chi connectivity index (χ2v) is 12.6. The van der Waals surface area contributed by atoms with Crippen molar-refractivity contribution in [3.05, 3.63) is 47.0 Å². The van der Waals surface area contributed by atoms with Crippen LogP contribution >= 0.6 is 0 Å². The fraction of sp³-hybridized carbons (Fsp3) is 0.613. The Kier molecular flexibility index (Phi) is 6.99. The second-order valence-electron chi connectivity index (χ2n) is 12.6. The number of ketones is 1. The molecule has 0 spiro atoms. The first-order valence-electron chi connectivity index (χ1n) is 14.0. The van der Waals surface area contributed by atoms with E-state index in [2.05, 4.69) is 0 Å². The summed E-state index contributed by atoms with van der Waals surface area (Å²) in [7, 11) is 0. The molecule has 41 heavy (non-hydrogen) atoms. The maximum atomic E-state index is 14.8. The Morgan fingerprint density at radius 1 is 1.02 bits per heavy atom. The lowest BCUT2D eigenvalue weighted by Gasteiger charge is -2.67. The Morgan fingerprint density at radius 2 is 1.68 bits per heavy atom. The van der Waals surface area contributed by atoms with E-state index in [0.29, 0.717) is 12.0 Å². The third-order valence-corrected chi connectivity index (χ3v) is 10.1. The smallest absolute Gasteiger partial charge is 0.338 e. The van der Waals surface area contributed by atoms with Crippen LogP contribution in [-0.4, -0.2) is 76.1 Å². The van der Waals surface area contributed by atoms with Crippen molar-refractivity contribution in [2.45, 2.75) is 96.4 Å². The predicted molar refractivity (Wildman–Crippen MR) is 143 cm³/mol. The molecule has 1 heterocycles. The van der Waals surface area contributed by atoms with Crippen LogP contribution in [0.4, 0.5) is 0 Å². The Bertz CT molecular complexity index is 1320. The normalized spacial score (nSPS) is 39.2. The molecule has 5 rings (SSSR count). The highest BCUT2D eigenvalue weighted by atomic mass is 16.6. The van der Waals surface area contributed by atoms with Gasteiger partial charge in [0, 0.05) is 25.7 Å². The molecule has 1 aliphatic heterocycles. The molecular formula is C31H38O10. The van der Waals surface area contributed by atoms with E-state index in [9.17, 15) is 29.4 Å². The van der Waals surface area contributed by atoms with Crippen molar-refractivity contribution in [1.29, 1.82) is 0 Å². The first-order chi connectivity index (χ1) is 19.1. The molecule has 10 heteroatoms. The molecule has 3 aliphatic carbocycles. The van der Waals surface area contributed by atoms with Crippen molar-refractivity contribution >= 4 is 23.7 Å². The number of Topliss-reactive ketones (excluding diaryl/α,β-unsaturated/α-hetero) is 1. The molecule has 222 valence electrons. The van der Waals surface area contributed by atoms with Crippen molar-refractivity contribution in [2.24, 2.45) is 16.7 Å². The van der Waals surface area contributed by atoms with Crippen molar-refractivity contribution in [1.82, 2.24) is 0 Å². The van der Waals surface area contributed by atoms with Crippen LogP contribution in [0.5, 0.6) is 0 Å². The highest BCUT2D eigenvalue weighted by Crippen LogP contribution is 2.64. The van der Waals surface area contributed by atoms with Crippen LogP contribution in [0.1, 0.15) is 71.2 Å². The predicted octanol–water partition coefficient (Wildman–Crippen LogP) is 2.68. The molecule has 2 bridgehead atoms. The number of fused-ring (bicyclic) bond motifs is 5. The van der Waals surface area contributed by atoms with Gasteiger partial charge in [-0.15, -0.1) is 0 Å². The highest BCUT2D eigenvalue weighted by Gasteiger charge is 2.77. The highest BCUT2D eigenvalue weighted by molar-refractivity contribution is 5.95. The summed E-state index contributed by atoms with van der Waals surface area (Å²) < 4.78 is 23.7. The van der Waals surface area contributed by atoms with Gasteiger partial charge in [0.05, 0.1) is 29.6 Å². The van der Waals surface area contributed by atoms with Crippen molar-refractivity contribution in [3.63, 3.8) is 0 Å². The molecule has 3 fully saturated rings. The molecule has 1 aromatic rings. The van der Waals surface area contributed by atoms with Gasteiger partial charge in [-0.2, -0.15) is 0 Å². The molecule has 10 nitrogen and oxygen atoms in total. The molecule has 8 unspecified atom stereocenters. The number of allylic oxidation sites excluding steroid dienone is 1. The maximum absolute atomic E-state index is 14.8. The van der Waals surface area contributed by atoms with Crippen LogP contribution in [0.2, 0.25) is 0 Å². The standard InChI is InChI=1S/C31H38O10/c1-16-12-13-31(37)26(40-27(36)19-10-8-7-9-11-19)24-29(6,20(34)14-21-30(24,15-38-21)41-18(3)33)25(35)23(39-17(2)32)22(16)28(31,4)5/h7-11,20-21,23-24,26,34,37H,12-15H2,1-6H3. The van der Waals surface area contributed by atoms with E-state index in [-0.39, 0.29) is 25.0 Å². The topological polar surface area (TPSA) is 146 Å². The van der Waals surface area contributed by atoms with Crippen LogP contribution in [0, 0.1) is 16.7 Å². The molecule has 1 aromatic carbocycles. The second kappa shape index (κ2) is 9.74. The molecule has 4 aliphatic rings. The molecule has 0 aromatic heterocycles. The Labute approximate surface area is 239 Å². The van der Waals surface area contributed by atoms with E-state index in [1.807, 2.05) is 6.92 Å². The van der Waals surface area contributed by atoms with Gasteiger partial charge in [-0.3, -0.25) is 14.4 Å². The van der Waals surface area contributed by atoms with E-state index in [1.165, 1.54) is 20.8 Å². The van der Waals surface area contributed by atoms with Gasteiger partial charge in [0.1, 0.15) is 17.8 Å². The zero-order valence-corrected chi connectivity index (χ0v) is 24.3. The van der Waals surface area contributed by atoms with E-state index in [1.54, 1.807) is 44.2 Å². The summed E-state index contributed by atoms with van der Waals surface area (Å²) in [6, 6.07) is 8.25. The van der Waals surface area contributed by atoms with Gasteiger partial charge >= 0.3 is 17.9 Å². The van der Waals surface area contributed by atoms with Crippen molar-refractivity contribution in [2.75, 3.05) is 6.61 Å². The SMILES string of the molecule is CC(=O)OC1C(=O)C2(C)C(O)CC3OCC3(OC(C)=O)C2C(OC(=O)c2ccccc2)C2(O)CCC(C)=C1C2(C)C. The number of carbonyl (C=O) groups is 4. The van der Waals surface area contributed by atoms with Crippen molar-refractivity contribution < 1.29 is 48.3 Å². The minimum atomic E-state index is -1.83. The number of hydrogen-bond donors (Lipinski definition) is 2. The van der Waals surface area contributed by atoms with Crippen LogP contribution < -0.4 is 0 Å². The van der Waals surface area contributed by atoms with Gasteiger partial charge in [0.15, 0.2) is 17.5 Å². The van der Waals surface area contributed by atoms with Crippen LogP contribution in [-0.2, 0) is 33.3 Å². The largest absolute Gasteiger partial charge is 0.455 e. The van der Waals surface area contributed by atoms with Crippen LogP contribution in [0.3, 0.4) is 0 Å². The van der Waals surface area contributed by atoms with Gasteiger partial charge in [0.25, 0.3) is 0 Å². The number of benzene rings is 1. The summed E-state index contributed by atoms with van der Waals surface area (Å²) in [5, 5.41) is 24.5. The van der Waals surface area contributed by atoms with Crippen LogP contribution in [0.15, 0.2) is 41.5 Å². The zero-order chi connectivity index (χ0) is 30.1. The third-order valence-electron chi connectivity index (χ3n) is 10.1. The lowest BCUT2D eigenvalue weighted by Crippen LogP contribution is -2.81. The lowest BCUT2D eigenvalue weighted by molar-refractivity contribution is -0.345. The average Bonchev–Trinajstić information content (AvgIpc) is 2.89. The van der Waals surface area contributed by atoms with Gasteiger partial charge in [0.2, 0.25) is 0 Å². The minimum Gasteiger partial charge on any atom is -0.455 e. The summed E-state index contributed by atoms with van der Waals surface area (Å²) in [5.41, 5.74) is -4.98. The summed E-state index contributed by atoms with van der Waals surface area (Å²) >= 11 is 0. The number of hydrogen-bond acceptors (Lipinski definition) is 10. The summed E-state index contributed by atoms with van der Waals surface area (Å²) in [6.45, 7) is 9.08. The monoisotopic (exact) mass is 570 g/mol. The summed E-state index contributed by atoms with van der Waals surface area (Å²) in [4.78, 5) is 53.4. The maximum Gasteiger partial charge on any atom is 0.338 e. The van der Waals surface area contributed by atoms with E-state index in [0.717, 1.165) is 5.57 Å². The van der Waals surface area contributed by atoms with Gasteiger partial charge in [-0.1, -0.05) is 37.6 Å². The summed E-state index contributed by atoms with van der Waals surface area (Å²) in [5.74, 6) is -3.96. The number of esters is 3. The first kappa shape index (κ1) is 29.4. The first-order valence-corrected chi connectivity index (χ1v) is 14.0. The molecule has 0 radical (unpaired) electrons. The third kappa shape index (κ3) is 4.09. The van der Waals surface area contributed by atoms with Gasteiger partial charge in [-0.05, 0) is 44.4 Å². The quantitative estimate of drug-likeness (QED) is 0.315. The average molecular weight is 571 g/mol. The fourth-order valence-corrected chi connectivity index (χ4v) is 7.93. The Hall–Kier alpha value is -3.08. The summed E-state index contributed by atoms with van der Waals surface area (Å²) in [6.07, 6.45) is -4.63. The lowest BCUT2D eigenvalue weighted by atomic mass is 9.45. The molecule has 8 atom stereocenters. The number of aliphatic hydroxyl groups excluding tert-OH is 1. The van der Waals surface area contributed by atoms with Crippen molar-refractivity contribution in [3.8, 4) is 0 Å². The number of aliphatic hydroxyl groups is 2. The zero-order valence-electron chi connectivity index (χ0n) is 24.3. The Morgan fingerprint density at radius 3 is 2.24 bits per heavy atom. The van der Waals surface area contributed by atoms with E-state index < -0.39 is 76.1 Å². The molecule has 1 saturated heterocycles. The van der Waals surface area contributed by atoms with E-state index >= 15 is 0 Å². The number of ether oxygens (including phenoxy) is 4. The molecular weight excluding hydrogens is 532 g/mol. The Balaban J connectivity index is 1.81. The number of rotatable bonds is 4. The number of carbonyl (C=O) groups excluding carboxylic acids is 4. The molecule has 2 N–H and O–H groups in total. The minimum absolute atomic E-state index is 0.0575.